The van der Waals surface area contributed by atoms with E-state index in [0.717, 1.165) is 15.6 Å². The molecule has 0 aliphatic carbocycles. The predicted octanol–water partition coefficient (Wildman–Crippen LogP) is 1.82. The van der Waals surface area contributed by atoms with E-state index < -0.39 is 0 Å². The minimum atomic E-state index is -0.224. The summed E-state index contributed by atoms with van der Waals surface area (Å²) in [6.45, 7) is 0.623. The van der Waals surface area contributed by atoms with Gasteiger partial charge in [0.15, 0.2) is 5.16 Å². The van der Waals surface area contributed by atoms with Gasteiger partial charge in [0.2, 0.25) is 0 Å². The van der Waals surface area contributed by atoms with Gasteiger partial charge in [-0.15, -0.1) is 0 Å². The predicted molar refractivity (Wildman–Crippen MR) is 64.3 cm³/mol. The van der Waals surface area contributed by atoms with Gasteiger partial charge < -0.3 is 5.32 Å². The molecule has 1 aromatic heterocycles. The average molecular weight is 252 g/mol. The summed E-state index contributed by atoms with van der Waals surface area (Å²) in [6.07, 6.45) is 1.50. The van der Waals surface area contributed by atoms with Crippen LogP contribution in [0.15, 0.2) is 34.6 Å². The number of nitrogens with one attached hydrogen (secondary N) is 1. The maximum Gasteiger partial charge on any atom is 0.190 e. The van der Waals surface area contributed by atoms with Crippen molar-refractivity contribution in [3.05, 3.63) is 35.9 Å². The van der Waals surface area contributed by atoms with Crippen molar-refractivity contribution in [1.29, 1.82) is 0 Å². The highest BCUT2D eigenvalue weighted by atomic mass is 32.2. The van der Waals surface area contributed by atoms with Gasteiger partial charge in [-0.1, -0.05) is 0 Å². The first-order valence-electron chi connectivity index (χ1n) is 5.15. The van der Waals surface area contributed by atoms with Crippen LogP contribution in [0.25, 0.3) is 0 Å². The van der Waals surface area contributed by atoms with Crippen LogP contribution in [0.2, 0.25) is 0 Å². The van der Waals surface area contributed by atoms with Crippen molar-refractivity contribution in [1.82, 2.24) is 20.1 Å². The quantitative estimate of drug-likeness (QED) is 0.901. The van der Waals surface area contributed by atoms with Crippen molar-refractivity contribution in [2.24, 2.45) is 7.05 Å². The minimum absolute atomic E-state index is 0.224. The smallest absolute Gasteiger partial charge is 0.190 e. The minimum Gasteiger partial charge on any atom is -0.316 e. The SMILES string of the molecule is CNCc1cc(F)ccc1Sc1ncnn1C. The molecule has 1 aromatic carbocycles. The highest BCUT2D eigenvalue weighted by molar-refractivity contribution is 7.99. The van der Waals surface area contributed by atoms with E-state index in [-0.39, 0.29) is 5.82 Å². The highest BCUT2D eigenvalue weighted by Crippen LogP contribution is 2.28. The lowest BCUT2D eigenvalue weighted by Gasteiger charge is -2.08. The van der Waals surface area contributed by atoms with Crippen LogP contribution in [-0.2, 0) is 13.6 Å². The molecule has 4 nitrogen and oxygen atoms in total. The summed E-state index contributed by atoms with van der Waals surface area (Å²) < 4.78 is 14.9. The third kappa shape index (κ3) is 2.83. The Morgan fingerprint density at radius 3 is 2.94 bits per heavy atom. The third-order valence-electron chi connectivity index (χ3n) is 2.26. The first-order valence-corrected chi connectivity index (χ1v) is 5.97. The van der Waals surface area contributed by atoms with Gasteiger partial charge in [0, 0.05) is 18.5 Å². The molecule has 0 atom stereocenters. The molecule has 0 saturated carbocycles. The summed E-state index contributed by atoms with van der Waals surface area (Å²) in [5, 5.41) is 7.81. The van der Waals surface area contributed by atoms with E-state index in [1.807, 2.05) is 14.1 Å². The van der Waals surface area contributed by atoms with Crippen LogP contribution >= 0.6 is 11.8 Å². The molecule has 0 saturated heterocycles. The van der Waals surface area contributed by atoms with E-state index in [2.05, 4.69) is 15.4 Å². The second kappa shape index (κ2) is 5.29. The number of benzene rings is 1. The second-order valence-corrected chi connectivity index (χ2v) is 4.56. The van der Waals surface area contributed by atoms with Gasteiger partial charge in [-0.2, -0.15) is 5.10 Å². The van der Waals surface area contributed by atoms with Crippen molar-refractivity contribution >= 4 is 11.8 Å². The van der Waals surface area contributed by atoms with E-state index in [1.54, 1.807) is 10.7 Å². The molecule has 90 valence electrons. The molecule has 0 aliphatic heterocycles. The molecule has 0 amide bonds. The van der Waals surface area contributed by atoms with Crippen molar-refractivity contribution in [3.8, 4) is 0 Å². The lowest BCUT2D eigenvalue weighted by molar-refractivity contribution is 0.621. The Kier molecular flexibility index (Phi) is 3.75. The van der Waals surface area contributed by atoms with Crippen LogP contribution in [0.5, 0.6) is 0 Å². The molecular formula is C11H13FN4S. The normalized spacial score (nSPS) is 10.8. The van der Waals surface area contributed by atoms with Gasteiger partial charge in [0.05, 0.1) is 0 Å². The van der Waals surface area contributed by atoms with Gasteiger partial charge in [-0.3, -0.25) is 0 Å². The lowest BCUT2D eigenvalue weighted by Crippen LogP contribution is -2.06. The second-order valence-electron chi connectivity index (χ2n) is 3.55. The monoisotopic (exact) mass is 252 g/mol. The van der Waals surface area contributed by atoms with Crippen LogP contribution in [-0.4, -0.2) is 21.8 Å². The Balaban J connectivity index is 2.29. The molecule has 0 aliphatic rings. The number of aryl methyl sites for hydroxylation is 1. The fourth-order valence-corrected chi connectivity index (χ4v) is 2.33. The molecule has 0 fully saturated rings. The topological polar surface area (TPSA) is 42.7 Å². The Morgan fingerprint density at radius 2 is 2.29 bits per heavy atom. The zero-order chi connectivity index (χ0) is 12.3. The Hall–Kier alpha value is -1.40. The number of rotatable bonds is 4. The standard InChI is InChI=1S/C11H13FN4S/c1-13-6-8-5-9(12)3-4-10(8)17-11-14-7-15-16(11)2/h3-5,7,13H,6H2,1-2H3. The molecular weight excluding hydrogens is 239 g/mol. The molecule has 0 spiro atoms. The van der Waals surface area contributed by atoms with Crippen LogP contribution in [0.4, 0.5) is 4.39 Å². The summed E-state index contributed by atoms with van der Waals surface area (Å²) in [4.78, 5) is 5.12. The summed E-state index contributed by atoms with van der Waals surface area (Å²) in [5.74, 6) is -0.224. The zero-order valence-corrected chi connectivity index (χ0v) is 10.5. The Labute approximate surface area is 103 Å². The lowest BCUT2D eigenvalue weighted by atomic mass is 10.2. The number of hydrogen-bond donors (Lipinski definition) is 1. The average Bonchev–Trinajstić information content (AvgIpc) is 2.69. The zero-order valence-electron chi connectivity index (χ0n) is 9.64. The first kappa shape index (κ1) is 12.1. The Bertz CT molecular complexity index is 512. The van der Waals surface area contributed by atoms with Crippen LogP contribution in [0.1, 0.15) is 5.56 Å². The molecule has 2 rings (SSSR count). The van der Waals surface area contributed by atoms with Crippen molar-refractivity contribution < 1.29 is 4.39 Å². The van der Waals surface area contributed by atoms with Crippen molar-refractivity contribution in [3.63, 3.8) is 0 Å². The fourth-order valence-electron chi connectivity index (χ4n) is 1.45. The molecule has 0 bridgehead atoms. The van der Waals surface area contributed by atoms with E-state index >= 15 is 0 Å². The Morgan fingerprint density at radius 1 is 1.47 bits per heavy atom. The molecule has 2 aromatic rings. The van der Waals surface area contributed by atoms with Crippen molar-refractivity contribution in [2.45, 2.75) is 16.6 Å². The first-order chi connectivity index (χ1) is 8.20. The highest BCUT2D eigenvalue weighted by Gasteiger charge is 2.08. The number of halogens is 1. The van der Waals surface area contributed by atoms with E-state index in [1.165, 1.54) is 30.2 Å². The molecule has 6 heteroatoms. The van der Waals surface area contributed by atoms with Gasteiger partial charge in [0.25, 0.3) is 0 Å². The summed E-state index contributed by atoms with van der Waals surface area (Å²) in [7, 11) is 3.66. The maximum atomic E-state index is 13.2. The third-order valence-corrected chi connectivity index (χ3v) is 3.43. The summed E-state index contributed by atoms with van der Waals surface area (Å²) >= 11 is 1.48. The van der Waals surface area contributed by atoms with E-state index in [0.29, 0.717) is 6.54 Å². The largest absolute Gasteiger partial charge is 0.316 e. The fraction of sp³-hybridized carbons (Fsp3) is 0.273. The van der Waals surface area contributed by atoms with E-state index in [4.69, 9.17) is 0 Å². The van der Waals surface area contributed by atoms with Crippen molar-refractivity contribution in [2.75, 3.05) is 7.05 Å². The van der Waals surface area contributed by atoms with Crippen LogP contribution in [0, 0.1) is 5.82 Å². The number of aromatic nitrogens is 3. The van der Waals surface area contributed by atoms with Gasteiger partial charge in [-0.25, -0.2) is 14.1 Å². The molecule has 1 heterocycles. The molecule has 0 unspecified atom stereocenters. The maximum absolute atomic E-state index is 13.2. The van der Waals surface area contributed by atoms with E-state index in [9.17, 15) is 4.39 Å². The molecule has 1 N–H and O–H groups in total. The summed E-state index contributed by atoms with van der Waals surface area (Å²) in [5.41, 5.74) is 0.917. The van der Waals surface area contributed by atoms with Gasteiger partial charge in [0.1, 0.15) is 12.1 Å². The molecule has 0 radical (unpaired) electrons. The number of hydrogen-bond acceptors (Lipinski definition) is 4. The number of nitrogens with zero attached hydrogens (tertiary/aromatic N) is 3. The van der Waals surface area contributed by atoms with Gasteiger partial charge in [-0.05, 0) is 42.6 Å². The van der Waals surface area contributed by atoms with Crippen LogP contribution < -0.4 is 5.32 Å². The van der Waals surface area contributed by atoms with Gasteiger partial charge >= 0.3 is 0 Å². The van der Waals surface area contributed by atoms with Crippen LogP contribution in [0.3, 0.4) is 0 Å². The summed E-state index contributed by atoms with van der Waals surface area (Å²) in [6, 6.07) is 4.76. The molecule has 17 heavy (non-hydrogen) atoms.